The minimum atomic E-state index is -0.104. The second kappa shape index (κ2) is 6.94. The van der Waals surface area contributed by atoms with E-state index in [1.807, 2.05) is 23.1 Å². The van der Waals surface area contributed by atoms with Crippen LogP contribution in [0.25, 0.3) is 0 Å². The molecule has 0 radical (unpaired) electrons. The van der Waals surface area contributed by atoms with Gasteiger partial charge < -0.3 is 19.7 Å². The van der Waals surface area contributed by atoms with E-state index >= 15 is 0 Å². The van der Waals surface area contributed by atoms with Crippen LogP contribution in [0.4, 0.5) is 0 Å². The van der Waals surface area contributed by atoms with Crippen molar-refractivity contribution in [2.24, 2.45) is 5.92 Å². The summed E-state index contributed by atoms with van der Waals surface area (Å²) < 4.78 is 10.7. The van der Waals surface area contributed by atoms with Gasteiger partial charge in [0.2, 0.25) is 18.6 Å². The van der Waals surface area contributed by atoms with E-state index in [9.17, 15) is 9.59 Å². The monoisotopic (exact) mass is 344 g/mol. The number of likely N-dealkylation sites (tertiary alicyclic amines) is 1. The van der Waals surface area contributed by atoms with E-state index in [4.69, 9.17) is 9.47 Å². The van der Waals surface area contributed by atoms with Gasteiger partial charge in [-0.05, 0) is 37.0 Å². The molecule has 2 heterocycles. The van der Waals surface area contributed by atoms with Crippen molar-refractivity contribution in [3.8, 4) is 11.5 Å². The van der Waals surface area contributed by atoms with E-state index in [0.29, 0.717) is 32.0 Å². The van der Waals surface area contributed by atoms with Crippen molar-refractivity contribution < 1.29 is 19.1 Å². The Morgan fingerprint density at radius 3 is 2.80 bits per heavy atom. The molecule has 1 aromatic rings. The van der Waals surface area contributed by atoms with Crippen molar-refractivity contribution >= 4 is 11.8 Å². The molecule has 4 rings (SSSR count). The van der Waals surface area contributed by atoms with Gasteiger partial charge in [-0.3, -0.25) is 9.59 Å². The molecule has 0 unspecified atom stereocenters. The van der Waals surface area contributed by atoms with Crippen LogP contribution in [0, 0.1) is 5.92 Å². The van der Waals surface area contributed by atoms with E-state index < -0.39 is 0 Å². The first-order valence-electron chi connectivity index (χ1n) is 9.16. The SMILES string of the molecule is O=C(NCc1ccc2c(c1)OCO2)[C@@H]1CCC(=O)N(C2CCCC2)C1. The van der Waals surface area contributed by atoms with Crippen LogP contribution in [0.3, 0.4) is 0 Å². The van der Waals surface area contributed by atoms with Gasteiger partial charge in [0, 0.05) is 25.6 Å². The zero-order valence-electron chi connectivity index (χ0n) is 14.3. The molecular formula is C19H24N2O4. The van der Waals surface area contributed by atoms with Crippen molar-refractivity contribution in [1.29, 1.82) is 0 Å². The van der Waals surface area contributed by atoms with Gasteiger partial charge in [-0.25, -0.2) is 0 Å². The number of rotatable bonds is 4. The molecule has 1 atom stereocenters. The van der Waals surface area contributed by atoms with Gasteiger partial charge in [0.25, 0.3) is 0 Å². The van der Waals surface area contributed by atoms with Gasteiger partial charge in [-0.15, -0.1) is 0 Å². The van der Waals surface area contributed by atoms with Crippen LogP contribution in [-0.4, -0.2) is 36.1 Å². The predicted octanol–water partition coefficient (Wildman–Crippen LogP) is 2.21. The van der Waals surface area contributed by atoms with Crippen LogP contribution in [0.15, 0.2) is 18.2 Å². The number of nitrogens with zero attached hydrogens (tertiary/aromatic N) is 1. The highest BCUT2D eigenvalue weighted by Crippen LogP contribution is 2.32. The normalized spacial score (nSPS) is 23.1. The van der Waals surface area contributed by atoms with Gasteiger partial charge in [0.05, 0.1) is 5.92 Å². The lowest BCUT2D eigenvalue weighted by atomic mass is 9.94. The number of piperidine rings is 1. The summed E-state index contributed by atoms with van der Waals surface area (Å²) in [5.41, 5.74) is 0.983. The first-order valence-corrected chi connectivity index (χ1v) is 9.16. The quantitative estimate of drug-likeness (QED) is 0.909. The molecule has 1 aliphatic carbocycles. The van der Waals surface area contributed by atoms with Crippen LogP contribution >= 0.6 is 0 Å². The number of hydrogen-bond acceptors (Lipinski definition) is 4. The van der Waals surface area contributed by atoms with E-state index in [-0.39, 0.29) is 24.5 Å². The number of benzene rings is 1. The number of nitrogens with one attached hydrogen (secondary N) is 1. The first-order chi connectivity index (χ1) is 12.2. The molecule has 1 saturated heterocycles. The molecule has 0 bridgehead atoms. The fourth-order valence-corrected chi connectivity index (χ4v) is 4.04. The van der Waals surface area contributed by atoms with Gasteiger partial charge in [-0.2, -0.15) is 0 Å². The summed E-state index contributed by atoms with van der Waals surface area (Å²) in [6.45, 7) is 1.28. The third-order valence-corrected chi connectivity index (χ3v) is 5.48. The summed E-state index contributed by atoms with van der Waals surface area (Å²) in [4.78, 5) is 26.7. The zero-order chi connectivity index (χ0) is 17.2. The van der Waals surface area contributed by atoms with Crippen molar-refractivity contribution in [2.45, 2.75) is 51.1 Å². The van der Waals surface area contributed by atoms with Crippen molar-refractivity contribution in [3.05, 3.63) is 23.8 Å². The van der Waals surface area contributed by atoms with Crippen LogP contribution in [0.1, 0.15) is 44.1 Å². The predicted molar refractivity (Wildman–Crippen MR) is 91.1 cm³/mol. The molecule has 1 N–H and O–H groups in total. The fraction of sp³-hybridized carbons (Fsp3) is 0.579. The van der Waals surface area contributed by atoms with Crippen LogP contribution < -0.4 is 14.8 Å². The van der Waals surface area contributed by atoms with Gasteiger partial charge >= 0.3 is 0 Å². The maximum absolute atomic E-state index is 12.6. The molecule has 2 amide bonds. The summed E-state index contributed by atoms with van der Waals surface area (Å²) >= 11 is 0. The Hall–Kier alpha value is -2.24. The molecule has 0 spiro atoms. The average molecular weight is 344 g/mol. The van der Waals surface area contributed by atoms with Gasteiger partial charge in [0.15, 0.2) is 11.5 Å². The summed E-state index contributed by atoms with van der Waals surface area (Å²) in [6.07, 6.45) is 5.67. The molecular weight excluding hydrogens is 320 g/mol. The molecule has 0 aromatic heterocycles. The Morgan fingerprint density at radius 2 is 1.96 bits per heavy atom. The van der Waals surface area contributed by atoms with Crippen LogP contribution in [-0.2, 0) is 16.1 Å². The van der Waals surface area contributed by atoms with E-state index in [2.05, 4.69) is 5.32 Å². The fourth-order valence-electron chi connectivity index (χ4n) is 4.04. The molecule has 6 nitrogen and oxygen atoms in total. The molecule has 1 aromatic carbocycles. The van der Waals surface area contributed by atoms with Crippen molar-refractivity contribution in [2.75, 3.05) is 13.3 Å². The minimum absolute atomic E-state index is 0.0353. The average Bonchev–Trinajstić information content (AvgIpc) is 3.31. The van der Waals surface area contributed by atoms with Crippen molar-refractivity contribution in [1.82, 2.24) is 10.2 Å². The van der Waals surface area contributed by atoms with Crippen LogP contribution in [0.2, 0.25) is 0 Å². The van der Waals surface area contributed by atoms with E-state index in [1.54, 1.807) is 0 Å². The van der Waals surface area contributed by atoms with Gasteiger partial charge in [0.1, 0.15) is 0 Å². The standard InChI is InChI=1S/C19H24N2O4/c22-18-8-6-14(11-21(18)15-3-1-2-4-15)19(23)20-10-13-5-7-16-17(9-13)25-12-24-16/h5,7,9,14-15H,1-4,6,8,10-12H2,(H,20,23)/t14-/m1/s1. The summed E-state index contributed by atoms with van der Waals surface area (Å²) in [6, 6.07) is 6.04. The van der Waals surface area contributed by atoms with Gasteiger partial charge in [-0.1, -0.05) is 18.9 Å². The molecule has 2 aliphatic heterocycles. The second-order valence-corrected chi connectivity index (χ2v) is 7.13. The number of carbonyl (C=O) groups is 2. The highest BCUT2D eigenvalue weighted by Gasteiger charge is 2.35. The summed E-state index contributed by atoms with van der Waals surface area (Å²) in [7, 11) is 0. The largest absolute Gasteiger partial charge is 0.454 e. The molecule has 134 valence electrons. The topological polar surface area (TPSA) is 67.9 Å². The first kappa shape index (κ1) is 16.2. The highest BCUT2D eigenvalue weighted by atomic mass is 16.7. The Balaban J connectivity index is 1.33. The second-order valence-electron chi connectivity index (χ2n) is 7.13. The lowest BCUT2D eigenvalue weighted by Crippen LogP contribution is -2.49. The Kier molecular flexibility index (Phi) is 4.51. The maximum atomic E-state index is 12.6. The maximum Gasteiger partial charge on any atom is 0.231 e. The Labute approximate surface area is 147 Å². The number of amides is 2. The number of hydrogen-bond donors (Lipinski definition) is 1. The third-order valence-electron chi connectivity index (χ3n) is 5.48. The van der Waals surface area contributed by atoms with E-state index in [1.165, 1.54) is 12.8 Å². The molecule has 1 saturated carbocycles. The zero-order valence-corrected chi connectivity index (χ0v) is 14.3. The number of fused-ring (bicyclic) bond motifs is 1. The number of carbonyl (C=O) groups excluding carboxylic acids is 2. The third kappa shape index (κ3) is 3.43. The highest BCUT2D eigenvalue weighted by molar-refractivity contribution is 5.84. The lowest BCUT2D eigenvalue weighted by molar-refractivity contribution is -0.140. The minimum Gasteiger partial charge on any atom is -0.454 e. The van der Waals surface area contributed by atoms with E-state index in [0.717, 1.165) is 29.9 Å². The molecule has 2 fully saturated rings. The molecule has 3 aliphatic rings. The van der Waals surface area contributed by atoms with Crippen LogP contribution in [0.5, 0.6) is 11.5 Å². The number of ether oxygens (including phenoxy) is 2. The molecule has 25 heavy (non-hydrogen) atoms. The summed E-state index contributed by atoms with van der Waals surface area (Å²) in [5, 5.41) is 3.01. The smallest absolute Gasteiger partial charge is 0.231 e. The lowest BCUT2D eigenvalue weighted by Gasteiger charge is -2.36. The Morgan fingerprint density at radius 1 is 1.16 bits per heavy atom. The molecule has 6 heteroatoms. The summed E-state index contributed by atoms with van der Waals surface area (Å²) in [5.74, 6) is 1.61. The van der Waals surface area contributed by atoms with Crippen molar-refractivity contribution in [3.63, 3.8) is 0 Å². The Bertz CT molecular complexity index is 669.